The van der Waals surface area contributed by atoms with E-state index in [9.17, 15) is 4.79 Å². The fourth-order valence-corrected chi connectivity index (χ4v) is 3.00. The number of aromatic nitrogens is 1. The monoisotopic (exact) mass is 282 g/mol. The number of hydrogen-bond donors (Lipinski definition) is 0. The lowest BCUT2D eigenvalue weighted by atomic mass is 10.0. The van der Waals surface area contributed by atoms with Gasteiger partial charge in [-0.3, -0.25) is 4.79 Å². The first-order valence-electron chi connectivity index (χ1n) is 7.45. The third-order valence-electron chi connectivity index (χ3n) is 4.42. The number of pyridine rings is 1. The Bertz CT molecular complexity index is 750. The summed E-state index contributed by atoms with van der Waals surface area (Å²) in [6.45, 7) is 4.87. The smallest absolute Gasteiger partial charge is 0.261 e. The Balaban J connectivity index is 1.86. The van der Waals surface area contributed by atoms with E-state index in [1.165, 1.54) is 5.56 Å². The van der Waals surface area contributed by atoms with Crippen LogP contribution in [-0.2, 0) is 11.3 Å². The zero-order valence-corrected chi connectivity index (χ0v) is 12.3. The van der Waals surface area contributed by atoms with Gasteiger partial charge in [-0.15, -0.1) is 0 Å². The summed E-state index contributed by atoms with van der Waals surface area (Å²) in [5.74, 6) is 0.695. The van der Waals surface area contributed by atoms with Crippen molar-refractivity contribution in [3.8, 4) is 5.88 Å². The van der Waals surface area contributed by atoms with E-state index in [1.54, 1.807) is 0 Å². The van der Waals surface area contributed by atoms with Crippen molar-refractivity contribution in [1.29, 1.82) is 0 Å². The summed E-state index contributed by atoms with van der Waals surface area (Å²) in [6.07, 6.45) is 2.22. The van der Waals surface area contributed by atoms with E-state index in [1.807, 2.05) is 4.90 Å². The second-order valence-electron chi connectivity index (χ2n) is 6.09. The first kappa shape index (κ1) is 12.6. The van der Waals surface area contributed by atoms with Crippen molar-refractivity contribution in [2.24, 2.45) is 0 Å². The third kappa shape index (κ3) is 2.06. The first-order chi connectivity index (χ1) is 10.1. The normalized spacial score (nSPS) is 18.4. The van der Waals surface area contributed by atoms with E-state index < -0.39 is 0 Å². The van der Waals surface area contributed by atoms with Gasteiger partial charge in [0, 0.05) is 17.0 Å². The molecule has 1 aromatic heterocycles. The predicted octanol–water partition coefficient (Wildman–Crippen LogP) is 2.74. The van der Waals surface area contributed by atoms with Crippen molar-refractivity contribution in [2.45, 2.75) is 39.3 Å². The molecule has 4 heteroatoms. The van der Waals surface area contributed by atoms with Gasteiger partial charge in [-0.1, -0.05) is 12.1 Å². The van der Waals surface area contributed by atoms with Gasteiger partial charge in [0.2, 0.25) is 5.88 Å². The summed E-state index contributed by atoms with van der Waals surface area (Å²) >= 11 is 0. The lowest BCUT2D eigenvalue weighted by molar-refractivity contribution is -0.133. The summed E-state index contributed by atoms with van der Waals surface area (Å²) in [5.41, 5.74) is 4.34. The summed E-state index contributed by atoms with van der Waals surface area (Å²) < 4.78 is 5.67. The molecule has 1 aliphatic carbocycles. The SMILES string of the molecule is Cc1ccc(C)c2nc3c(cc12)CN(C1CC1)C(=O)CO3. The van der Waals surface area contributed by atoms with Crippen LogP contribution in [0.25, 0.3) is 10.9 Å². The van der Waals surface area contributed by atoms with Gasteiger partial charge in [-0.05, 0) is 43.9 Å². The standard InChI is InChI=1S/C17H18N2O2/c1-10-3-4-11(2)16-14(10)7-12-8-19(13-5-6-13)15(20)9-21-17(12)18-16/h3-4,7,13H,5-6,8-9H2,1-2H3. The number of benzene rings is 1. The minimum atomic E-state index is 0.0769. The molecule has 0 spiro atoms. The second-order valence-corrected chi connectivity index (χ2v) is 6.09. The quantitative estimate of drug-likeness (QED) is 0.807. The van der Waals surface area contributed by atoms with Gasteiger partial charge in [0.15, 0.2) is 6.61 Å². The Morgan fingerprint density at radius 1 is 1.24 bits per heavy atom. The van der Waals surface area contributed by atoms with E-state index in [0.717, 1.165) is 34.9 Å². The highest BCUT2D eigenvalue weighted by Gasteiger charge is 2.35. The van der Waals surface area contributed by atoms with Crippen molar-refractivity contribution >= 4 is 16.8 Å². The lowest BCUT2D eigenvalue weighted by Crippen LogP contribution is -2.34. The largest absolute Gasteiger partial charge is 0.467 e. The van der Waals surface area contributed by atoms with E-state index in [2.05, 4.69) is 37.0 Å². The van der Waals surface area contributed by atoms with Crippen molar-refractivity contribution in [2.75, 3.05) is 6.61 Å². The number of fused-ring (bicyclic) bond motifs is 2. The number of carbonyl (C=O) groups excluding carboxylic acids is 1. The molecule has 108 valence electrons. The lowest BCUT2D eigenvalue weighted by Gasteiger charge is -2.19. The van der Waals surface area contributed by atoms with Gasteiger partial charge in [0.05, 0.1) is 12.1 Å². The van der Waals surface area contributed by atoms with Crippen LogP contribution < -0.4 is 4.74 Å². The summed E-state index contributed by atoms with van der Waals surface area (Å²) in [7, 11) is 0. The van der Waals surface area contributed by atoms with Crippen LogP contribution in [0.5, 0.6) is 5.88 Å². The van der Waals surface area contributed by atoms with Crippen LogP contribution >= 0.6 is 0 Å². The number of nitrogens with zero attached hydrogens (tertiary/aromatic N) is 2. The fourth-order valence-electron chi connectivity index (χ4n) is 3.00. The highest BCUT2D eigenvalue weighted by Crippen LogP contribution is 2.34. The Kier molecular flexibility index (Phi) is 2.67. The average molecular weight is 282 g/mol. The number of ether oxygens (including phenoxy) is 1. The first-order valence-corrected chi connectivity index (χ1v) is 7.45. The van der Waals surface area contributed by atoms with Crippen LogP contribution in [0.3, 0.4) is 0 Å². The highest BCUT2D eigenvalue weighted by atomic mass is 16.5. The molecule has 1 saturated carbocycles. The Hall–Kier alpha value is -2.10. The predicted molar refractivity (Wildman–Crippen MR) is 80.3 cm³/mol. The molecule has 21 heavy (non-hydrogen) atoms. The van der Waals surface area contributed by atoms with E-state index in [0.29, 0.717) is 18.5 Å². The minimum absolute atomic E-state index is 0.0769. The molecule has 0 unspecified atom stereocenters. The van der Waals surface area contributed by atoms with Crippen molar-refractivity contribution in [3.05, 3.63) is 34.9 Å². The number of carbonyl (C=O) groups is 1. The molecule has 0 radical (unpaired) electrons. The van der Waals surface area contributed by atoms with Gasteiger partial charge >= 0.3 is 0 Å². The van der Waals surface area contributed by atoms with Gasteiger partial charge in [0.25, 0.3) is 5.91 Å². The van der Waals surface area contributed by atoms with Crippen LogP contribution in [0.2, 0.25) is 0 Å². The highest BCUT2D eigenvalue weighted by molar-refractivity contribution is 5.87. The molecule has 0 saturated heterocycles. The average Bonchev–Trinajstić information content (AvgIpc) is 3.30. The molecule has 0 bridgehead atoms. The Labute approximate surface area is 123 Å². The van der Waals surface area contributed by atoms with Crippen LogP contribution in [0, 0.1) is 13.8 Å². The van der Waals surface area contributed by atoms with Crippen molar-refractivity contribution in [3.63, 3.8) is 0 Å². The summed E-state index contributed by atoms with van der Waals surface area (Å²) in [5, 5.41) is 1.16. The van der Waals surface area contributed by atoms with Crippen molar-refractivity contribution in [1.82, 2.24) is 9.88 Å². The zero-order valence-electron chi connectivity index (χ0n) is 12.3. The zero-order chi connectivity index (χ0) is 14.6. The van der Waals surface area contributed by atoms with Crippen LogP contribution in [0.15, 0.2) is 18.2 Å². The van der Waals surface area contributed by atoms with Gasteiger partial charge in [-0.2, -0.15) is 0 Å². The number of aryl methyl sites for hydroxylation is 2. The molecule has 0 atom stereocenters. The fraction of sp³-hybridized carbons (Fsp3) is 0.412. The maximum absolute atomic E-state index is 12.2. The van der Waals surface area contributed by atoms with Crippen LogP contribution in [0.1, 0.15) is 29.5 Å². The van der Waals surface area contributed by atoms with Crippen molar-refractivity contribution < 1.29 is 9.53 Å². The topological polar surface area (TPSA) is 42.4 Å². The molecule has 0 N–H and O–H groups in total. The summed E-state index contributed by atoms with van der Waals surface area (Å²) in [6, 6.07) is 6.75. The Morgan fingerprint density at radius 3 is 2.76 bits per heavy atom. The molecule has 2 heterocycles. The second kappa shape index (κ2) is 4.45. The van der Waals surface area contributed by atoms with Crippen LogP contribution in [0.4, 0.5) is 0 Å². The molecule has 1 fully saturated rings. The number of amides is 1. The number of rotatable bonds is 1. The molecule has 1 aliphatic heterocycles. The molecule has 2 aromatic rings. The van der Waals surface area contributed by atoms with E-state index in [4.69, 9.17) is 4.74 Å². The minimum Gasteiger partial charge on any atom is -0.467 e. The summed E-state index contributed by atoms with van der Waals surface area (Å²) in [4.78, 5) is 18.8. The molecular weight excluding hydrogens is 264 g/mol. The maximum atomic E-state index is 12.2. The molecule has 4 nitrogen and oxygen atoms in total. The van der Waals surface area contributed by atoms with E-state index >= 15 is 0 Å². The van der Waals surface area contributed by atoms with Gasteiger partial charge < -0.3 is 9.64 Å². The Morgan fingerprint density at radius 2 is 2.00 bits per heavy atom. The number of hydrogen-bond acceptors (Lipinski definition) is 3. The molecule has 4 rings (SSSR count). The molecule has 1 amide bonds. The molecular formula is C17H18N2O2. The van der Waals surface area contributed by atoms with Crippen LogP contribution in [-0.4, -0.2) is 28.4 Å². The molecule has 1 aromatic carbocycles. The maximum Gasteiger partial charge on any atom is 0.261 e. The van der Waals surface area contributed by atoms with Gasteiger partial charge in [0.1, 0.15) is 0 Å². The third-order valence-corrected chi connectivity index (χ3v) is 4.42. The van der Waals surface area contributed by atoms with E-state index in [-0.39, 0.29) is 12.5 Å². The van der Waals surface area contributed by atoms with Gasteiger partial charge in [-0.25, -0.2) is 4.98 Å². The molecule has 2 aliphatic rings.